The molecule has 0 saturated carbocycles. The van der Waals surface area contributed by atoms with Crippen LogP contribution in [0.4, 0.5) is 0 Å². The molecule has 2 aromatic rings. The molecule has 0 spiro atoms. The van der Waals surface area contributed by atoms with Crippen LogP contribution in [0.1, 0.15) is 27.4 Å². The molecule has 0 aliphatic rings. The molecule has 2 aromatic carbocycles. The quantitative estimate of drug-likeness (QED) is 0.857. The van der Waals surface area contributed by atoms with Crippen LogP contribution in [0.25, 0.3) is 0 Å². The Balaban J connectivity index is 2.26. The molecule has 22 heavy (non-hydrogen) atoms. The summed E-state index contributed by atoms with van der Waals surface area (Å²) in [5.41, 5.74) is 1.55. The van der Waals surface area contributed by atoms with Gasteiger partial charge in [0.1, 0.15) is 5.75 Å². The Morgan fingerprint density at radius 2 is 1.77 bits per heavy atom. The summed E-state index contributed by atoms with van der Waals surface area (Å²) in [5.74, 6) is -2.06. The lowest BCUT2D eigenvalue weighted by molar-refractivity contribution is -0.138. The molecular formula is C17H16O5. The first kappa shape index (κ1) is 15.6. The van der Waals surface area contributed by atoms with Crippen molar-refractivity contribution in [2.24, 2.45) is 0 Å². The fourth-order valence-electron chi connectivity index (χ4n) is 2.24. The van der Waals surface area contributed by atoms with E-state index in [0.29, 0.717) is 17.7 Å². The fourth-order valence-corrected chi connectivity index (χ4v) is 2.24. The number of aromatic carboxylic acids is 1. The average molecular weight is 300 g/mol. The largest absolute Gasteiger partial charge is 0.497 e. The molecule has 0 aliphatic heterocycles. The van der Waals surface area contributed by atoms with Crippen LogP contribution in [0, 0.1) is 0 Å². The number of hydrogen-bond donors (Lipinski definition) is 2. The second-order valence-corrected chi connectivity index (χ2v) is 4.87. The summed E-state index contributed by atoms with van der Waals surface area (Å²) in [7, 11) is 1.55. The van der Waals surface area contributed by atoms with Crippen molar-refractivity contribution in [2.45, 2.75) is 12.3 Å². The molecule has 0 saturated heterocycles. The molecule has 0 radical (unpaired) electrons. The Morgan fingerprint density at radius 3 is 2.32 bits per heavy atom. The lowest BCUT2D eigenvalue weighted by Crippen LogP contribution is -2.14. The maximum atomic E-state index is 11.5. The third-order valence-corrected chi connectivity index (χ3v) is 3.43. The van der Waals surface area contributed by atoms with Gasteiger partial charge in [0.2, 0.25) is 0 Å². The van der Waals surface area contributed by atoms with E-state index < -0.39 is 17.9 Å². The van der Waals surface area contributed by atoms with Crippen LogP contribution in [0.3, 0.4) is 0 Å². The van der Waals surface area contributed by atoms with Gasteiger partial charge in [0, 0.05) is 0 Å². The Labute approximate surface area is 127 Å². The molecule has 1 atom stereocenters. The number of rotatable bonds is 6. The molecule has 1 unspecified atom stereocenters. The minimum atomic E-state index is -1.04. The zero-order chi connectivity index (χ0) is 16.1. The maximum absolute atomic E-state index is 11.5. The summed E-state index contributed by atoms with van der Waals surface area (Å²) in [6.07, 6.45) is 0.305. The summed E-state index contributed by atoms with van der Waals surface area (Å²) in [6, 6.07) is 13.1. The normalized spacial score (nSPS) is 11.7. The number of carboxylic acids is 2. The second-order valence-electron chi connectivity index (χ2n) is 4.87. The number of hydrogen-bond acceptors (Lipinski definition) is 3. The van der Waals surface area contributed by atoms with E-state index in [9.17, 15) is 14.7 Å². The molecule has 5 heteroatoms. The molecular weight excluding hydrogens is 284 g/mol. The number of aliphatic carboxylic acids is 1. The van der Waals surface area contributed by atoms with E-state index in [1.165, 1.54) is 12.1 Å². The highest BCUT2D eigenvalue weighted by Gasteiger charge is 2.21. The molecule has 2 N–H and O–H groups in total. The third kappa shape index (κ3) is 3.63. The molecule has 0 aromatic heterocycles. The Hall–Kier alpha value is -2.82. The minimum Gasteiger partial charge on any atom is -0.497 e. The van der Waals surface area contributed by atoms with Gasteiger partial charge in [-0.25, -0.2) is 4.79 Å². The number of carbonyl (C=O) groups is 2. The van der Waals surface area contributed by atoms with Crippen molar-refractivity contribution in [3.8, 4) is 5.75 Å². The summed E-state index contributed by atoms with van der Waals surface area (Å²) in [5, 5.41) is 18.3. The second kappa shape index (κ2) is 6.76. The van der Waals surface area contributed by atoms with Crippen molar-refractivity contribution in [1.82, 2.24) is 0 Å². The molecule has 0 amide bonds. The molecule has 0 aliphatic carbocycles. The molecule has 5 nitrogen and oxygen atoms in total. The van der Waals surface area contributed by atoms with Crippen molar-refractivity contribution in [2.75, 3.05) is 7.11 Å². The maximum Gasteiger partial charge on any atom is 0.335 e. The monoisotopic (exact) mass is 300 g/mol. The van der Waals surface area contributed by atoms with E-state index in [2.05, 4.69) is 0 Å². The molecule has 0 fully saturated rings. The van der Waals surface area contributed by atoms with Crippen LogP contribution < -0.4 is 4.74 Å². The van der Waals surface area contributed by atoms with Gasteiger partial charge in [-0.15, -0.1) is 0 Å². The highest BCUT2D eigenvalue weighted by molar-refractivity contribution is 5.87. The fraction of sp³-hybridized carbons (Fsp3) is 0.176. The topological polar surface area (TPSA) is 83.8 Å². The van der Waals surface area contributed by atoms with Gasteiger partial charge in [-0.05, 0) is 41.8 Å². The predicted octanol–water partition coefficient (Wildman–Crippen LogP) is 2.80. The van der Waals surface area contributed by atoms with Gasteiger partial charge in [0.15, 0.2) is 0 Å². The van der Waals surface area contributed by atoms with Crippen molar-refractivity contribution >= 4 is 11.9 Å². The van der Waals surface area contributed by atoms with E-state index in [1.807, 2.05) is 6.07 Å². The predicted molar refractivity (Wildman–Crippen MR) is 80.5 cm³/mol. The highest BCUT2D eigenvalue weighted by Crippen LogP contribution is 2.24. The SMILES string of the molecule is COc1cccc(CC(C(=O)O)c2ccc(C(=O)O)cc2)c1. The number of benzene rings is 2. The third-order valence-electron chi connectivity index (χ3n) is 3.43. The number of ether oxygens (including phenoxy) is 1. The lowest BCUT2D eigenvalue weighted by Gasteiger charge is -2.14. The van der Waals surface area contributed by atoms with Crippen LogP contribution in [0.2, 0.25) is 0 Å². The van der Waals surface area contributed by atoms with Crippen LogP contribution in [0.15, 0.2) is 48.5 Å². The van der Waals surface area contributed by atoms with E-state index in [1.54, 1.807) is 37.4 Å². The first-order valence-electron chi connectivity index (χ1n) is 6.70. The Kier molecular flexibility index (Phi) is 4.78. The summed E-state index contributed by atoms with van der Waals surface area (Å²) in [6.45, 7) is 0. The summed E-state index contributed by atoms with van der Waals surface area (Å²) >= 11 is 0. The Bertz CT molecular complexity index is 676. The van der Waals surface area contributed by atoms with Gasteiger partial charge in [-0.3, -0.25) is 4.79 Å². The molecule has 0 heterocycles. The van der Waals surface area contributed by atoms with Crippen molar-refractivity contribution in [3.63, 3.8) is 0 Å². The molecule has 2 rings (SSSR count). The van der Waals surface area contributed by atoms with E-state index >= 15 is 0 Å². The van der Waals surface area contributed by atoms with Gasteiger partial charge in [-0.2, -0.15) is 0 Å². The van der Waals surface area contributed by atoms with Gasteiger partial charge < -0.3 is 14.9 Å². The van der Waals surface area contributed by atoms with Crippen molar-refractivity contribution in [3.05, 3.63) is 65.2 Å². The van der Waals surface area contributed by atoms with Crippen molar-refractivity contribution in [1.29, 1.82) is 0 Å². The van der Waals surface area contributed by atoms with Crippen LogP contribution in [0.5, 0.6) is 5.75 Å². The highest BCUT2D eigenvalue weighted by atomic mass is 16.5. The van der Waals surface area contributed by atoms with Gasteiger partial charge in [0.25, 0.3) is 0 Å². The van der Waals surface area contributed by atoms with Gasteiger partial charge >= 0.3 is 11.9 Å². The van der Waals surface area contributed by atoms with Gasteiger partial charge in [0.05, 0.1) is 18.6 Å². The standard InChI is InChI=1S/C17H16O5/c1-22-14-4-2-3-11(9-14)10-15(17(20)21)12-5-7-13(8-6-12)16(18)19/h2-9,15H,10H2,1H3,(H,18,19)(H,20,21). The zero-order valence-electron chi connectivity index (χ0n) is 12.0. The van der Waals surface area contributed by atoms with E-state index in [4.69, 9.17) is 9.84 Å². The van der Waals surface area contributed by atoms with Crippen LogP contribution in [-0.2, 0) is 11.2 Å². The van der Waals surface area contributed by atoms with E-state index in [-0.39, 0.29) is 5.56 Å². The summed E-state index contributed by atoms with van der Waals surface area (Å²) in [4.78, 5) is 22.4. The number of methoxy groups -OCH3 is 1. The first-order valence-corrected chi connectivity index (χ1v) is 6.70. The molecule has 0 bridgehead atoms. The Morgan fingerprint density at radius 1 is 1.09 bits per heavy atom. The number of carboxylic acid groups (broad SMARTS) is 2. The molecule has 114 valence electrons. The zero-order valence-corrected chi connectivity index (χ0v) is 12.0. The van der Waals surface area contributed by atoms with Crippen molar-refractivity contribution < 1.29 is 24.5 Å². The minimum absolute atomic E-state index is 0.134. The van der Waals surface area contributed by atoms with Crippen LogP contribution >= 0.6 is 0 Å². The van der Waals surface area contributed by atoms with Gasteiger partial charge in [-0.1, -0.05) is 24.3 Å². The van der Waals surface area contributed by atoms with Crippen LogP contribution in [-0.4, -0.2) is 29.3 Å². The van der Waals surface area contributed by atoms with E-state index in [0.717, 1.165) is 5.56 Å². The average Bonchev–Trinajstić information content (AvgIpc) is 2.52. The summed E-state index contributed by atoms with van der Waals surface area (Å²) < 4.78 is 5.13. The smallest absolute Gasteiger partial charge is 0.335 e. The lowest BCUT2D eigenvalue weighted by atomic mass is 9.91. The first-order chi connectivity index (χ1) is 10.5.